The lowest BCUT2D eigenvalue weighted by Crippen LogP contribution is -2.39. The van der Waals surface area contributed by atoms with E-state index >= 15 is 0 Å². The van der Waals surface area contributed by atoms with Crippen molar-refractivity contribution in [1.82, 2.24) is 5.32 Å². The summed E-state index contributed by atoms with van der Waals surface area (Å²) in [6.45, 7) is 3.87. The molecule has 1 aromatic carbocycles. The van der Waals surface area contributed by atoms with Crippen LogP contribution in [-0.4, -0.2) is 23.2 Å². The zero-order valence-corrected chi connectivity index (χ0v) is 14.1. The van der Waals surface area contributed by atoms with Gasteiger partial charge in [-0.3, -0.25) is 4.79 Å². The van der Waals surface area contributed by atoms with Crippen LogP contribution in [-0.2, 0) is 23.8 Å². The zero-order chi connectivity index (χ0) is 17.2. The number of thioether (sulfide) groups is 1. The van der Waals surface area contributed by atoms with Gasteiger partial charge in [0.2, 0.25) is 5.91 Å². The first kappa shape index (κ1) is 16.4. The summed E-state index contributed by atoms with van der Waals surface area (Å²) in [4.78, 5) is 25.4. The topological polar surface area (TPSA) is 73.9 Å². The van der Waals surface area contributed by atoms with Crippen LogP contribution in [0, 0.1) is 6.92 Å². The number of amides is 1. The molecule has 0 saturated carbocycles. The molecule has 1 N–H and O–H groups in total. The fraction of sp³-hybridized carbons (Fsp3) is 0.294. The highest BCUT2D eigenvalue weighted by molar-refractivity contribution is 8.01. The maximum absolute atomic E-state index is 12.7. The Morgan fingerprint density at radius 2 is 2.00 bits per heavy atom. The third-order valence-corrected chi connectivity index (χ3v) is 4.93. The normalized spacial score (nSPS) is 22.7. The summed E-state index contributed by atoms with van der Waals surface area (Å²) in [7, 11) is 0. The summed E-state index contributed by atoms with van der Waals surface area (Å²) < 4.78 is 14.6. The van der Waals surface area contributed by atoms with Crippen LogP contribution < -0.4 is 5.32 Å². The standard InChI is InChI=1S/C17H17NO5S/c1-11-3-5-13(6-4-11)24-17(7-14(19)18-10-17)16(20)23-15-9-21-8-12(2)22-15/h3-6,8-9H,7,10H2,1-2H3,(H,18,19). The number of hydrogen-bond acceptors (Lipinski definition) is 6. The molecule has 0 radical (unpaired) electrons. The molecule has 1 fully saturated rings. The number of esters is 1. The van der Waals surface area contributed by atoms with Crippen molar-refractivity contribution in [3.8, 4) is 0 Å². The number of ether oxygens (including phenoxy) is 3. The van der Waals surface area contributed by atoms with Gasteiger partial charge in [0.1, 0.15) is 16.8 Å². The fourth-order valence-electron chi connectivity index (χ4n) is 2.34. The monoisotopic (exact) mass is 347 g/mol. The molecule has 1 atom stereocenters. The second kappa shape index (κ2) is 6.60. The van der Waals surface area contributed by atoms with E-state index in [0.717, 1.165) is 10.5 Å². The first-order valence-corrected chi connectivity index (χ1v) is 8.23. The molecule has 0 bridgehead atoms. The van der Waals surface area contributed by atoms with E-state index in [-0.39, 0.29) is 24.8 Å². The average molecular weight is 347 g/mol. The van der Waals surface area contributed by atoms with Gasteiger partial charge in [-0.1, -0.05) is 17.7 Å². The van der Waals surface area contributed by atoms with E-state index in [1.165, 1.54) is 24.3 Å². The predicted molar refractivity (Wildman–Crippen MR) is 87.5 cm³/mol. The Morgan fingerprint density at radius 3 is 2.62 bits per heavy atom. The Bertz CT molecular complexity index is 725. The summed E-state index contributed by atoms with van der Waals surface area (Å²) in [6, 6.07) is 7.76. The molecule has 0 aromatic heterocycles. The van der Waals surface area contributed by atoms with Crippen molar-refractivity contribution in [3.05, 3.63) is 54.1 Å². The average Bonchev–Trinajstić information content (AvgIpc) is 2.92. The quantitative estimate of drug-likeness (QED) is 0.844. The Kier molecular flexibility index (Phi) is 4.53. The second-order valence-corrected chi connectivity index (χ2v) is 7.11. The Balaban J connectivity index is 1.78. The summed E-state index contributed by atoms with van der Waals surface area (Å²) in [5, 5.41) is 2.71. The molecule has 2 aliphatic heterocycles. The minimum atomic E-state index is -1.04. The lowest BCUT2D eigenvalue weighted by atomic mass is 10.1. The van der Waals surface area contributed by atoms with E-state index in [1.54, 1.807) is 6.92 Å². The Labute approximate surface area is 143 Å². The number of hydrogen-bond donors (Lipinski definition) is 1. The van der Waals surface area contributed by atoms with Crippen molar-refractivity contribution in [3.63, 3.8) is 0 Å². The number of carbonyl (C=O) groups is 2. The molecule has 2 heterocycles. The van der Waals surface area contributed by atoms with Crippen LogP contribution in [0.15, 0.2) is 53.4 Å². The van der Waals surface area contributed by atoms with Gasteiger partial charge in [-0.05, 0) is 26.0 Å². The van der Waals surface area contributed by atoms with Crippen molar-refractivity contribution in [2.45, 2.75) is 29.9 Å². The van der Waals surface area contributed by atoms with Crippen LogP contribution in [0.4, 0.5) is 0 Å². The minimum Gasteiger partial charge on any atom is -0.462 e. The molecular formula is C17H17NO5S. The Morgan fingerprint density at radius 1 is 1.25 bits per heavy atom. The largest absolute Gasteiger partial charge is 0.462 e. The second-order valence-electron chi connectivity index (χ2n) is 5.66. The third kappa shape index (κ3) is 3.56. The molecule has 1 amide bonds. The number of carbonyl (C=O) groups excluding carboxylic acids is 2. The molecule has 0 spiro atoms. The van der Waals surface area contributed by atoms with Gasteiger partial charge in [0.15, 0.2) is 6.26 Å². The molecule has 1 saturated heterocycles. The molecule has 126 valence electrons. The highest BCUT2D eigenvalue weighted by atomic mass is 32.2. The molecule has 3 rings (SSSR count). The van der Waals surface area contributed by atoms with Crippen LogP contribution in [0.5, 0.6) is 0 Å². The van der Waals surface area contributed by atoms with E-state index in [4.69, 9.17) is 14.2 Å². The molecule has 6 nitrogen and oxygen atoms in total. The molecule has 2 aliphatic rings. The van der Waals surface area contributed by atoms with E-state index in [1.807, 2.05) is 31.2 Å². The number of aryl methyl sites for hydroxylation is 1. The zero-order valence-electron chi connectivity index (χ0n) is 13.3. The minimum absolute atomic E-state index is 0.0387. The SMILES string of the molecule is CC1=COC=C(OC(=O)C2(Sc3ccc(C)cc3)CNC(=O)C2)O1. The van der Waals surface area contributed by atoms with Crippen LogP contribution in [0.1, 0.15) is 18.9 Å². The summed E-state index contributed by atoms with van der Waals surface area (Å²) in [5.74, 6) is -0.294. The third-order valence-electron chi connectivity index (χ3n) is 3.58. The van der Waals surface area contributed by atoms with Crippen molar-refractivity contribution < 1.29 is 23.8 Å². The van der Waals surface area contributed by atoms with Crippen LogP contribution in [0.25, 0.3) is 0 Å². The first-order valence-electron chi connectivity index (χ1n) is 7.42. The van der Waals surface area contributed by atoms with Gasteiger partial charge in [-0.15, -0.1) is 11.8 Å². The van der Waals surface area contributed by atoms with Crippen molar-refractivity contribution >= 4 is 23.6 Å². The van der Waals surface area contributed by atoms with Gasteiger partial charge < -0.3 is 19.5 Å². The number of nitrogens with one attached hydrogen (secondary N) is 1. The highest BCUT2D eigenvalue weighted by Crippen LogP contribution is 2.39. The van der Waals surface area contributed by atoms with E-state index < -0.39 is 10.7 Å². The van der Waals surface area contributed by atoms with Gasteiger partial charge in [0, 0.05) is 11.4 Å². The maximum atomic E-state index is 12.7. The van der Waals surface area contributed by atoms with E-state index in [9.17, 15) is 9.59 Å². The summed E-state index contributed by atoms with van der Waals surface area (Å²) >= 11 is 1.31. The van der Waals surface area contributed by atoms with Gasteiger partial charge in [-0.25, -0.2) is 4.79 Å². The van der Waals surface area contributed by atoms with Gasteiger partial charge >= 0.3 is 11.9 Å². The molecule has 7 heteroatoms. The molecule has 24 heavy (non-hydrogen) atoms. The fourth-order valence-corrected chi connectivity index (χ4v) is 3.53. The number of allylic oxidation sites excluding steroid dienone is 1. The summed E-state index contributed by atoms with van der Waals surface area (Å²) in [6.07, 6.45) is 2.65. The van der Waals surface area contributed by atoms with Gasteiger partial charge in [0.25, 0.3) is 0 Å². The molecule has 1 unspecified atom stereocenters. The Hall–Kier alpha value is -2.41. The van der Waals surface area contributed by atoms with Crippen LogP contribution in [0.3, 0.4) is 0 Å². The molecular weight excluding hydrogens is 330 g/mol. The van der Waals surface area contributed by atoms with E-state index in [2.05, 4.69) is 5.32 Å². The molecule has 0 aliphatic carbocycles. The summed E-state index contributed by atoms with van der Waals surface area (Å²) in [5.41, 5.74) is 1.12. The lowest BCUT2D eigenvalue weighted by Gasteiger charge is -2.25. The van der Waals surface area contributed by atoms with Crippen molar-refractivity contribution in [2.24, 2.45) is 0 Å². The first-order chi connectivity index (χ1) is 11.5. The lowest BCUT2D eigenvalue weighted by molar-refractivity contribution is -0.147. The van der Waals surface area contributed by atoms with Gasteiger partial charge in [-0.2, -0.15) is 0 Å². The van der Waals surface area contributed by atoms with Crippen molar-refractivity contribution in [1.29, 1.82) is 0 Å². The number of rotatable bonds is 4. The van der Waals surface area contributed by atoms with Gasteiger partial charge in [0.05, 0.1) is 6.42 Å². The predicted octanol–water partition coefficient (Wildman–Crippen LogP) is 2.60. The smallest absolute Gasteiger partial charge is 0.332 e. The van der Waals surface area contributed by atoms with Crippen LogP contribution >= 0.6 is 11.8 Å². The number of benzene rings is 1. The van der Waals surface area contributed by atoms with E-state index in [0.29, 0.717) is 5.76 Å². The highest BCUT2D eigenvalue weighted by Gasteiger charge is 2.48. The molecule has 1 aromatic rings. The van der Waals surface area contributed by atoms with Crippen LogP contribution in [0.2, 0.25) is 0 Å². The maximum Gasteiger partial charge on any atom is 0.332 e. The van der Waals surface area contributed by atoms with Crippen molar-refractivity contribution in [2.75, 3.05) is 6.54 Å².